The van der Waals surface area contributed by atoms with Gasteiger partial charge in [-0.15, -0.1) is 12.4 Å². The summed E-state index contributed by atoms with van der Waals surface area (Å²) in [5.74, 6) is -0.598. The normalized spacial score (nSPS) is 8.50. The molecule has 0 saturated carbocycles. The quantitative estimate of drug-likeness (QED) is 0.501. The highest BCUT2D eigenvalue weighted by atomic mass is 35.5. The number of hydrogen-bond acceptors (Lipinski definition) is 4. The summed E-state index contributed by atoms with van der Waals surface area (Å²) >= 11 is 0. The van der Waals surface area contributed by atoms with Gasteiger partial charge < -0.3 is 10.1 Å². The molecule has 0 fully saturated rings. The summed E-state index contributed by atoms with van der Waals surface area (Å²) in [6.07, 6.45) is -0.130. The lowest BCUT2D eigenvalue weighted by Gasteiger charge is -1.99. The summed E-state index contributed by atoms with van der Waals surface area (Å²) < 4.78 is 4.57. The molecule has 0 spiro atoms. The maximum absolute atomic E-state index is 10.8. The summed E-state index contributed by atoms with van der Waals surface area (Å²) in [5, 5.41) is 2.66. The van der Waals surface area contributed by atoms with Gasteiger partial charge in [0.1, 0.15) is 6.42 Å². The average Bonchev–Trinajstić information content (AvgIpc) is 1.87. The molecule has 0 bridgehead atoms. The summed E-state index contributed by atoms with van der Waals surface area (Å²) in [4.78, 5) is 21.4. The Kier molecular flexibility index (Phi) is 9.86. The smallest absolute Gasteiger partial charge is 0.313 e. The fourth-order valence-corrected chi connectivity index (χ4v) is 0.633. The van der Waals surface area contributed by atoms with E-state index in [0.717, 1.165) is 0 Å². The molecule has 0 aromatic heterocycles. The third-order valence-electron chi connectivity index (χ3n) is 1.02. The molecule has 5 heteroatoms. The van der Waals surface area contributed by atoms with Crippen molar-refractivity contribution in [1.29, 1.82) is 0 Å². The molecular weight excluding hydrogens is 182 g/mol. The molecule has 4 nitrogen and oxygen atoms in total. The van der Waals surface area contributed by atoms with Gasteiger partial charge in [-0.25, -0.2) is 0 Å². The highest BCUT2D eigenvalue weighted by Crippen LogP contribution is 1.86. The van der Waals surface area contributed by atoms with Crippen molar-refractivity contribution in [3.8, 4) is 0 Å². The van der Waals surface area contributed by atoms with Gasteiger partial charge >= 0.3 is 5.97 Å². The molecular formula is C7H14ClNO3. The minimum absolute atomic E-state index is 0. The lowest BCUT2D eigenvalue weighted by atomic mass is 10.3. The fraction of sp³-hybridized carbons (Fsp3) is 0.714. The van der Waals surface area contributed by atoms with Crippen molar-refractivity contribution in [3.05, 3.63) is 0 Å². The molecule has 0 radical (unpaired) electrons. The van der Waals surface area contributed by atoms with Gasteiger partial charge in [-0.3, -0.25) is 9.59 Å². The predicted octanol–water partition coefficient (Wildman–Crippen LogP) is 0.150. The standard InChI is InChI=1S/C7H13NO3.ClH/c1-3-11-7(10)4-6(9)5-8-2;/h8H,3-5H2,1-2H3;1H. The number of hydrogen-bond donors (Lipinski definition) is 1. The third-order valence-corrected chi connectivity index (χ3v) is 1.02. The van der Waals surface area contributed by atoms with E-state index in [2.05, 4.69) is 10.1 Å². The second-order valence-electron chi connectivity index (χ2n) is 2.05. The van der Waals surface area contributed by atoms with Gasteiger partial charge in [0.25, 0.3) is 0 Å². The number of carbonyl (C=O) groups excluding carboxylic acids is 2. The Hall–Kier alpha value is -0.610. The number of rotatable bonds is 5. The SMILES string of the molecule is CCOC(=O)CC(=O)CNC.Cl. The molecule has 0 aromatic rings. The highest BCUT2D eigenvalue weighted by molar-refractivity contribution is 5.96. The maximum Gasteiger partial charge on any atom is 0.313 e. The number of ether oxygens (including phenoxy) is 1. The Balaban J connectivity index is 0. The summed E-state index contributed by atoms with van der Waals surface area (Å²) in [7, 11) is 1.66. The molecule has 0 aliphatic rings. The largest absolute Gasteiger partial charge is 0.466 e. The van der Waals surface area contributed by atoms with E-state index in [9.17, 15) is 9.59 Å². The van der Waals surface area contributed by atoms with Crippen LogP contribution in [0.1, 0.15) is 13.3 Å². The van der Waals surface area contributed by atoms with Crippen molar-refractivity contribution in [2.24, 2.45) is 0 Å². The van der Waals surface area contributed by atoms with E-state index in [4.69, 9.17) is 0 Å². The molecule has 0 aliphatic carbocycles. The molecule has 0 aliphatic heterocycles. The van der Waals surface area contributed by atoms with Crippen molar-refractivity contribution < 1.29 is 14.3 Å². The second kappa shape index (κ2) is 8.49. The van der Waals surface area contributed by atoms with Crippen LogP contribution in [0, 0.1) is 0 Å². The zero-order valence-corrected chi connectivity index (χ0v) is 8.07. The van der Waals surface area contributed by atoms with Gasteiger partial charge in [0.15, 0.2) is 5.78 Å². The second-order valence-corrected chi connectivity index (χ2v) is 2.05. The van der Waals surface area contributed by atoms with Crippen LogP contribution in [0.4, 0.5) is 0 Å². The van der Waals surface area contributed by atoms with E-state index in [1.165, 1.54) is 0 Å². The van der Waals surface area contributed by atoms with Gasteiger partial charge in [-0.1, -0.05) is 0 Å². The van der Waals surface area contributed by atoms with Crippen LogP contribution in [0.15, 0.2) is 0 Å². The van der Waals surface area contributed by atoms with Crippen molar-refractivity contribution >= 4 is 24.2 Å². The molecule has 0 atom stereocenters. The van der Waals surface area contributed by atoms with Crippen LogP contribution in [-0.4, -0.2) is 32.0 Å². The molecule has 0 aromatic carbocycles. The Labute approximate surface area is 78.1 Å². The van der Waals surface area contributed by atoms with E-state index >= 15 is 0 Å². The molecule has 72 valence electrons. The minimum atomic E-state index is -0.451. The maximum atomic E-state index is 10.8. The van der Waals surface area contributed by atoms with Crippen LogP contribution in [0.5, 0.6) is 0 Å². The van der Waals surface area contributed by atoms with Crippen molar-refractivity contribution in [3.63, 3.8) is 0 Å². The van der Waals surface area contributed by atoms with Crippen molar-refractivity contribution in [2.75, 3.05) is 20.2 Å². The van der Waals surface area contributed by atoms with Crippen LogP contribution < -0.4 is 5.32 Å². The summed E-state index contributed by atoms with van der Waals surface area (Å²) in [6.45, 7) is 2.25. The highest BCUT2D eigenvalue weighted by Gasteiger charge is 2.07. The predicted molar refractivity (Wildman–Crippen MR) is 47.4 cm³/mol. The van der Waals surface area contributed by atoms with E-state index in [0.29, 0.717) is 6.61 Å². The van der Waals surface area contributed by atoms with Crippen LogP contribution in [0.25, 0.3) is 0 Å². The zero-order chi connectivity index (χ0) is 8.69. The first kappa shape index (κ1) is 13.9. The number of carbonyl (C=O) groups is 2. The molecule has 0 heterocycles. The summed E-state index contributed by atoms with van der Waals surface area (Å²) in [5.41, 5.74) is 0. The van der Waals surface area contributed by atoms with E-state index in [1.54, 1.807) is 14.0 Å². The van der Waals surface area contributed by atoms with E-state index < -0.39 is 5.97 Å². The van der Waals surface area contributed by atoms with E-state index in [-0.39, 0.29) is 31.2 Å². The molecule has 0 saturated heterocycles. The molecule has 12 heavy (non-hydrogen) atoms. The number of likely N-dealkylation sites (N-methyl/N-ethyl adjacent to an activating group) is 1. The zero-order valence-electron chi connectivity index (χ0n) is 7.25. The molecule has 0 unspecified atom stereocenters. The van der Waals surface area contributed by atoms with Gasteiger partial charge in [0, 0.05) is 0 Å². The van der Waals surface area contributed by atoms with E-state index in [1.807, 2.05) is 0 Å². The fourth-order valence-electron chi connectivity index (χ4n) is 0.633. The van der Waals surface area contributed by atoms with Crippen LogP contribution in [0.2, 0.25) is 0 Å². The minimum Gasteiger partial charge on any atom is -0.466 e. The Bertz CT molecular complexity index is 134. The van der Waals surface area contributed by atoms with Gasteiger partial charge in [0.2, 0.25) is 0 Å². The number of Topliss-reactive ketones (excluding diaryl/α,β-unsaturated/α-hetero) is 1. The van der Waals surface area contributed by atoms with Gasteiger partial charge in [-0.05, 0) is 14.0 Å². The first-order valence-electron chi connectivity index (χ1n) is 3.52. The van der Waals surface area contributed by atoms with Gasteiger partial charge in [-0.2, -0.15) is 0 Å². The molecule has 0 amide bonds. The Morgan fingerprint density at radius 1 is 1.42 bits per heavy atom. The Morgan fingerprint density at radius 3 is 2.42 bits per heavy atom. The lowest BCUT2D eigenvalue weighted by molar-refractivity contribution is -0.145. The number of halogens is 1. The monoisotopic (exact) mass is 195 g/mol. The van der Waals surface area contributed by atoms with Crippen molar-refractivity contribution in [2.45, 2.75) is 13.3 Å². The van der Waals surface area contributed by atoms with Crippen LogP contribution in [-0.2, 0) is 14.3 Å². The first-order valence-corrected chi connectivity index (χ1v) is 3.52. The average molecular weight is 196 g/mol. The van der Waals surface area contributed by atoms with Crippen molar-refractivity contribution in [1.82, 2.24) is 5.32 Å². The Morgan fingerprint density at radius 2 is 2.00 bits per heavy atom. The first-order chi connectivity index (χ1) is 5.20. The molecule has 1 N–H and O–H groups in total. The van der Waals surface area contributed by atoms with Crippen LogP contribution >= 0.6 is 12.4 Å². The summed E-state index contributed by atoms with van der Waals surface area (Å²) in [6, 6.07) is 0. The number of nitrogens with one attached hydrogen (secondary N) is 1. The molecule has 0 rings (SSSR count). The van der Waals surface area contributed by atoms with Crippen LogP contribution in [0.3, 0.4) is 0 Å². The number of esters is 1. The van der Waals surface area contributed by atoms with Gasteiger partial charge in [0.05, 0.1) is 13.2 Å². The lowest BCUT2D eigenvalue weighted by Crippen LogP contribution is -2.21. The number of ketones is 1. The third kappa shape index (κ3) is 7.50. The topological polar surface area (TPSA) is 55.4 Å².